The van der Waals surface area contributed by atoms with Gasteiger partial charge in [-0.25, -0.2) is 0 Å². The van der Waals surface area contributed by atoms with E-state index in [1.807, 2.05) is 6.92 Å². The van der Waals surface area contributed by atoms with Crippen molar-refractivity contribution in [2.24, 2.45) is 5.92 Å². The number of hydrogen-bond donors (Lipinski definition) is 1. The summed E-state index contributed by atoms with van der Waals surface area (Å²) in [6, 6.07) is 8.55. The van der Waals surface area contributed by atoms with Gasteiger partial charge in [-0.1, -0.05) is 12.1 Å². The van der Waals surface area contributed by atoms with E-state index >= 15 is 0 Å². The first-order chi connectivity index (χ1) is 7.88. The van der Waals surface area contributed by atoms with Crippen LogP contribution >= 0.6 is 0 Å². The smallest absolute Gasteiger partial charge is 0.119 e. The Bertz CT molecular complexity index is 301. The highest BCUT2D eigenvalue weighted by Gasteiger charge is 2.13. The summed E-state index contributed by atoms with van der Waals surface area (Å²) in [7, 11) is 0. The molecule has 1 aliphatic rings. The first-order valence-corrected chi connectivity index (χ1v) is 6.31. The zero-order valence-corrected chi connectivity index (χ0v) is 10.0. The molecule has 2 rings (SSSR count). The average Bonchev–Trinajstić information content (AvgIpc) is 2.33. The lowest BCUT2D eigenvalue weighted by atomic mass is 9.92. The van der Waals surface area contributed by atoms with Gasteiger partial charge in [0.25, 0.3) is 0 Å². The number of ether oxygens (including phenoxy) is 1. The number of rotatable bonds is 4. The first-order valence-electron chi connectivity index (χ1n) is 6.31. The fraction of sp³-hybridized carbons (Fsp3) is 0.571. The number of hydrogen-bond acceptors (Lipinski definition) is 2. The Kier molecular flexibility index (Phi) is 4.23. The molecule has 2 heteroatoms. The maximum Gasteiger partial charge on any atom is 0.119 e. The van der Waals surface area contributed by atoms with E-state index in [9.17, 15) is 0 Å². The normalized spacial score (nSPS) is 20.7. The van der Waals surface area contributed by atoms with Crippen LogP contribution in [0, 0.1) is 5.92 Å². The van der Waals surface area contributed by atoms with E-state index in [0.29, 0.717) is 0 Å². The van der Waals surface area contributed by atoms with E-state index in [2.05, 4.69) is 29.6 Å². The van der Waals surface area contributed by atoms with Gasteiger partial charge < -0.3 is 10.1 Å². The van der Waals surface area contributed by atoms with Crippen molar-refractivity contribution in [2.45, 2.75) is 26.2 Å². The standard InChI is InChI=1S/C14H21NO/c1-2-16-14-7-5-12(6-8-14)10-13-4-3-9-15-11-13/h5-8,13,15H,2-4,9-11H2,1H3. The van der Waals surface area contributed by atoms with Crippen LogP contribution in [-0.2, 0) is 6.42 Å². The molecule has 1 atom stereocenters. The maximum atomic E-state index is 5.44. The van der Waals surface area contributed by atoms with Gasteiger partial charge in [0.2, 0.25) is 0 Å². The van der Waals surface area contributed by atoms with Crippen LogP contribution in [0.25, 0.3) is 0 Å². The van der Waals surface area contributed by atoms with E-state index < -0.39 is 0 Å². The Labute approximate surface area is 98.0 Å². The van der Waals surface area contributed by atoms with Crippen molar-refractivity contribution in [1.29, 1.82) is 0 Å². The van der Waals surface area contributed by atoms with Crippen molar-refractivity contribution in [2.75, 3.05) is 19.7 Å². The highest BCUT2D eigenvalue weighted by atomic mass is 16.5. The third-order valence-electron chi connectivity index (χ3n) is 3.16. The largest absolute Gasteiger partial charge is 0.494 e. The van der Waals surface area contributed by atoms with Crippen molar-refractivity contribution in [3.05, 3.63) is 29.8 Å². The van der Waals surface area contributed by atoms with Gasteiger partial charge in [-0.05, 0) is 62.9 Å². The van der Waals surface area contributed by atoms with Gasteiger partial charge in [0.15, 0.2) is 0 Å². The van der Waals surface area contributed by atoms with Gasteiger partial charge in [0.1, 0.15) is 5.75 Å². The summed E-state index contributed by atoms with van der Waals surface area (Å²) >= 11 is 0. The van der Waals surface area contributed by atoms with Crippen molar-refractivity contribution in [1.82, 2.24) is 5.32 Å². The van der Waals surface area contributed by atoms with Gasteiger partial charge in [-0.15, -0.1) is 0 Å². The van der Waals surface area contributed by atoms with E-state index in [1.165, 1.54) is 37.9 Å². The lowest BCUT2D eigenvalue weighted by molar-refractivity contribution is 0.340. The molecule has 16 heavy (non-hydrogen) atoms. The molecule has 2 nitrogen and oxygen atoms in total. The van der Waals surface area contributed by atoms with Crippen molar-refractivity contribution in [3.8, 4) is 5.75 Å². The lowest BCUT2D eigenvalue weighted by Crippen LogP contribution is -2.30. The quantitative estimate of drug-likeness (QED) is 0.840. The third kappa shape index (κ3) is 3.24. The predicted octanol–water partition coefficient (Wildman–Crippen LogP) is 2.63. The molecule has 0 amide bonds. The predicted molar refractivity (Wildman–Crippen MR) is 66.9 cm³/mol. The molecule has 0 aliphatic carbocycles. The van der Waals surface area contributed by atoms with E-state index in [-0.39, 0.29) is 0 Å². The number of piperidine rings is 1. The summed E-state index contributed by atoms with van der Waals surface area (Å²) < 4.78 is 5.44. The van der Waals surface area contributed by atoms with Crippen LogP contribution in [0.15, 0.2) is 24.3 Å². The minimum absolute atomic E-state index is 0.742. The zero-order chi connectivity index (χ0) is 11.2. The second-order valence-electron chi connectivity index (χ2n) is 4.49. The molecule has 1 aromatic rings. The summed E-state index contributed by atoms with van der Waals surface area (Å²) in [4.78, 5) is 0. The van der Waals surface area contributed by atoms with Gasteiger partial charge in [0, 0.05) is 0 Å². The Morgan fingerprint density at radius 2 is 2.12 bits per heavy atom. The molecule has 0 aromatic heterocycles. The molecule has 1 aromatic carbocycles. The van der Waals surface area contributed by atoms with Crippen molar-refractivity contribution in [3.63, 3.8) is 0 Å². The molecule has 1 saturated heterocycles. The molecule has 1 N–H and O–H groups in total. The van der Waals surface area contributed by atoms with E-state index in [4.69, 9.17) is 4.74 Å². The number of nitrogens with one attached hydrogen (secondary N) is 1. The fourth-order valence-corrected chi connectivity index (χ4v) is 2.32. The topological polar surface area (TPSA) is 21.3 Å². The molecule has 0 saturated carbocycles. The highest BCUT2D eigenvalue weighted by molar-refractivity contribution is 5.27. The Balaban J connectivity index is 1.88. The fourth-order valence-electron chi connectivity index (χ4n) is 2.32. The molecular formula is C14H21NO. The average molecular weight is 219 g/mol. The highest BCUT2D eigenvalue weighted by Crippen LogP contribution is 2.18. The molecule has 0 bridgehead atoms. The van der Waals surface area contributed by atoms with Crippen LogP contribution in [0.2, 0.25) is 0 Å². The zero-order valence-electron chi connectivity index (χ0n) is 10.0. The molecule has 0 radical (unpaired) electrons. The second kappa shape index (κ2) is 5.90. The monoisotopic (exact) mass is 219 g/mol. The molecule has 1 fully saturated rings. The lowest BCUT2D eigenvalue weighted by Gasteiger charge is -2.22. The Hall–Kier alpha value is -1.02. The van der Waals surface area contributed by atoms with Crippen LogP contribution in [0.5, 0.6) is 5.75 Å². The summed E-state index contributed by atoms with van der Waals surface area (Å²) in [5.41, 5.74) is 1.43. The molecule has 88 valence electrons. The van der Waals surface area contributed by atoms with Gasteiger partial charge in [-0.2, -0.15) is 0 Å². The minimum atomic E-state index is 0.742. The Morgan fingerprint density at radius 1 is 1.31 bits per heavy atom. The van der Waals surface area contributed by atoms with Crippen LogP contribution in [-0.4, -0.2) is 19.7 Å². The maximum absolute atomic E-state index is 5.44. The third-order valence-corrected chi connectivity index (χ3v) is 3.16. The number of benzene rings is 1. The van der Waals surface area contributed by atoms with Crippen LogP contribution in [0.3, 0.4) is 0 Å². The van der Waals surface area contributed by atoms with Gasteiger partial charge in [-0.3, -0.25) is 0 Å². The van der Waals surface area contributed by atoms with Crippen molar-refractivity contribution < 1.29 is 4.74 Å². The molecule has 1 unspecified atom stereocenters. The van der Waals surface area contributed by atoms with Crippen molar-refractivity contribution >= 4 is 0 Å². The molecular weight excluding hydrogens is 198 g/mol. The van der Waals surface area contributed by atoms with E-state index in [1.54, 1.807) is 0 Å². The van der Waals surface area contributed by atoms with Crippen LogP contribution in [0.1, 0.15) is 25.3 Å². The minimum Gasteiger partial charge on any atom is -0.494 e. The SMILES string of the molecule is CCOc1ccc(CC2CCCNC2)cc1. The summed E-state index contributed by atoms with van der Waals surface area (Å²) in [6.45, 7) is 5.13. The summed E-state index contributed by atoms with van der Waals surface area (Å²) in [5.74, 6) is 1.79. The van der Waals surface area contributed by atoms with E-state index in [0.717, 1.165) is 18.3 Å². The van der Waals surface area contributed by atoms with Crippen LogP contribution < -0.4 is 10.1 Å². The molecule has 1 heterocycles. The first kappa shape index (κ1) is 11.5. The Morgan fingerprint density at radius 3 is 2.75 bits per heavy atom. The molecule has 0 spiro atoms. The summed E-state index contributed by atoms with van der Waals surface area (Å²) in [6.07, 6.45) is 3.88. The van der Waals surface area contributed by atoms with Gasteiger partial charge >= 0.3 is 0 Å². The second-order valence-corrected chi connectivity index (χ2v) is 4.49. The summed E-state index contributed by atoms with van der Waals surface area (Å²) in [5, 5.41) is 3.46. The molecule has 1 aliphatic heterocycles. The van der Waals surface area contributed by atoms with Crippen LogP contribution in [0.4, 0.5) is 0 Å². The van der Waals surface area contributed by atoms with Gasteiger partial charge in [0.05, 0.1) is 6.61 Å².